The zero-order valence-corrected chi connectivity index (χ0v) is 11.9. The molecule has 20 heavy (non-hydrogen) atoms. The first-order chi connectivity index (χ1) is 9.54. The van der Waals surface area contributed by atoms with Gasteiger partial charge in [-0.3, -0.25) is 13.8 Å². The molecule has 0 aliphatic carbocycles. The fraction of sp³-hybridized carbons (Fsp3) is 0.357. The summed E-state index contributed by atoms with van der Waals surface area (Å²) in [5.41, 5.74) is 1.07. The van der Waals surface area contributed by atoms with Gasteiger partial charge in [-0.15, -0.1) is 0 Å². The highest BCUT2D eigenvalue weighted by Gasteiger charge is 2.29. The third kappa shape index (κ3) is 2.78. The molecular weight excluding hydrogens is 276 g/mol. The first-order valence-corrected chi connectivity index (χ1v) is 7.57. The number of nitrogens with zero attached hydrogens (tertiary/aromatic N) is 2. The van der Waals surface area contributed by atoms with E-state index < -0.39 is 10.8 Å². The van der Waals surface area contributed by atoms with Crippen LogP contribution in [0.5, 0.6) is 0 Å². The van der Waals surface area contributed by atoms with E-state index in [4.69, 9.17) is 5.26 Å². The molecular formula is C14H14N2O3S. The minimum atomic E-state index is -1.41. The summed E-state index contributed by atoms with van der Waals surface area (Å²) in [4.78, 5) is 25.4. The van der Waals surface area contributed by atoms with Gasteiger partial charge in [-0.1, -0.05) is 0 Å². The van der Waals surface area contributed by atoms with Crippen molar-refractivity contribution in [1.29, 1.82) is 5.26 Å². The van der Waals surface area contributed by atoms with Crippen molar-refractivity contribution in [3.8, 4) is 6.07 Å². The van der Waals surface area contributed by atoms with Gasteiger partial charge in [0.1, 0.15) is 5.75 Å². The van der Waals surface area contributed by atoms with E-state index in [0.29, 0.717) is 35.5 Å². The van der Waals surface area contributed by atoms with Crippen molar-refractivity contribution >= 4 is 28.2 Å². The van der Waals surface area contributed by atoms with Crippen molar-refractivity contribution in [3.63, 3.8) is 0 Å². The minimum Gasteiger partial charge on any atom is -0.310 e. The lowest BCUT2D eigenvalue weighted by atomic mass is 10.1. The number of amides is 1. The lowest BCUT2D eigenvalue weighted by Gasteiger charge is -2.29. The number of rotatable bonds is 4. The summed E-state index contributed by atoms with van der Waals surface area (Å²) < 4.78 is 12.0. The van der Waals surface area contributed by atoms with E-state index in [1.165, 1.54) is 6.92 Å². The summed E-state index contributed by atoms with van der Waals surface area (Å²) in [5, 5.41) is 8.56. The lowest BCUT2D eigenvalue weighted by molar-refractivity contribution is -0.116. The van der Waals surface area contributed by atoms with Crippen LogP contribution in [0, 0.1) is 11.3 Å². The molecule has 1 atom stereocenters. The van der Waals surface area contributed by atoms with Crippen LogP contribution in [0.15, 0.2) is 23.1 Å². The van der Waals surface area contributed by atoms with Crippen LogP contribution < -0.4 is 4.90 Å². The second-order valence-corrected chi connectivity index (χ2v) is 5.96. The summed E-state index contributed by atoms with van der Waals surface area (Å²) >= 11 is 0. The Morgan fingerprint density at radius 2 is 2.25 bits per heavy atom. The predicted molar refractivity (Wildman–Crippen MR) is 74.9 cm³/mol. The molecule has 1 aliphatic heterocycles. The lowest BCUT2D eigenvalue weighted by Crippen LogP contribution is -2.39. The second-order valence-electron chi connectivity index (χ2n) is 4.54. The van der Waals surface area contributed by atoms with Gasteiger partial charge < -0.3 is 4.90 Å². The van der Waals surface area contributed by atoms with E-state index in [1.54, 1.807) is 23.1 Å². The Morgan fingerprint density at radius 3 is 2.90 bits per heavy atom. The molecule has 0 N–H and O–H groups in total. The summed E-state index contributed by atoms with van der Waals surface area (Å²) in [7, 11) is -1.41. The van der Waals surface area contributed by atoms with E-state index in [9.17, 15) is 13.8 Å². The largest absolute Gasteiger partial charge is 0.310 e. The van der Waals surface area contributed by atoms with Gasteiger partial charge in [0.25, 0.3) is 0 Å². The first kappa shape index (κ1) is 14.4. The maximum absolute atomic E-state index is 12.0. The molecule has 1 aromatic rings. The number of carbonyl (C=O) groups is 2. The van der Waals surface area contributed by atoms with Crippen LogP contribution in [-0.4, -0.2) is 28.2 Å². The van der Waals surface area contributed by atoms with Gasteiger partial charge in [-0.25, -0.2) is 0 Å². The summed E-state index contributed by atoms with van der Waals surface area (Å²) in [6.45, 7) is 1.87. The van der Waals surface area contributed by atoms with E-state index >= 15 is 0 Å². The number of hydrogen-bond acceptors (Lipinski definition) is 4. The van der Waals surface area contributed by atoms with E-state index in [-0.39, 0.29) is 17.4 Å². The third-order valence-electron chi connectivity index (χ3n) is 3.13. The molecule has 1 heterocycles. The Morgan fingerprint density at radius 1 is 1.50 bits per heavy atom. The van der Waals surface area contributed by atoms with Crippen molar-refractivity contribution in [2.45, 2.75) is 24.7 Å². The van der Waals surface area contributed by atoms with E-state index in [0.717, 1.165) is 0 Å². The highest BCUT2D eigenvalue weighted by molar-refractivity contribution is 7.86. The standard InChI is InChI=1S/C14H14N2O3S/c1-10(17)11-4-5-12-13(8-11)20(19)9-14(18)16(12)7-3-2-6-15/h4-5,8H,2-3,7,9H2,1H3. The number of unbranched alkanes of at least 4 members (excludes halogenated alkanes) is 1. The fourth-order valence-corrected chi connectivity index (χ4v) is 3.31. The van der Waals surface area contributed by atoms with Gasteiger partial charge in [0.2, 0.25) is 5.91 Å². The number of fused-ring (bicyclic) bond motifs is 1. The zero-order valence-electron chi connectivity index (χ0n) is 11.1. The zero-order chi connectivity index (χ0) is 14.7. The van der Waals surface area contributed by atoms with E-state index in [1.807, 2.05) is 6.07 Å². The molecule has 0 aromatic heterocycles. The molecule has 104 valence electrons. The number of anilines is 1. The normalized spacial score (nSPS) is 17.5. The molecule has 0 bridgehead atoms. The smallest absolute Gasteiger partial charge is 0.240 e. The minimum absolute atomic E-state index is 0.0685. The van der Waals surface area contributed by atoms with Crippen LogP contribution in [-0.2, 0) is 15.6 Å². The fourth-order valence-electron chi connectivity index (χ4n) is 2.10. The Hall–Kier alpha value is -2.00. The van der Waals surface area contributed by atoms with Crippen LogP contribution in [0.1, 0.15) is 30.1 Å². The average Bonchev–Trinajstić information content (AvgIpc) is 2.42. The van der Waals surface area contributed by atoms with Crippen molar-refractivity contribution in [2.75, 3.05) is 17.2 Å². The van der Waals surface area contributed by atoms with Gasteiger partial charge in [0.15, 0.2) is 5.78 Å². The molecule has 0 radical (unpaired) electrons. The van der Waals surface area contributed by atoms with Crippen molar-refractivity contribution in [3.05, 3.63) is 23.8 Å². The Kier molecular flexibility index (Phi) is 4.30. The molecule has 0 fully saturated rings. The topological polar surface area (TPSA) is 78.2 Å². The average molecular weight is 290 g/mol. The van der Waals surface area contributed by atoms with Gasteiger partial charge >= 0.3 is 0 Å². The van der Waals surface area contributed by atoms with Crippen molar-refractivity contribution in [2.24, 2.45) is 0 Å². The van der Waals surface area contributed by atoms with Crippen LogP contribution >= 0.6 is 0 Å². The van der Waals surface area contributed by atoms with Crippen LogP contribution in [0.25, 0.3) is 0 Å². The number of Topliss-reactive ketones (excluding diaryl/α,β-unsaturated/α-hetero) is 1. The Balaban J connectivity index is 2.37. The van der Waals surface area contributed by atoms with Gasteiger partial charge in [-0.2, -0.15) is 5.26 Å². The molecule has 0 saturated carbocycles. The highest BCUT2D eigenvalue weighted by Crippen LogP contribution is 2.30. The molecule has 5 nitrogen and oxygen atoms in total. The van der Waals surface area contributed by atoms with E-state index in [2.05, 4.69) is 0 Å². The monoisotopic (exact) mass is 290 g/mol. The predicted octanol–water partition coefficient (Wildman–Crippen LogP) is 1.65. The molecule has 1 amide bonds. The van der Waals surface area contributed by atoms with Gasteiger partial charge in [0, 0.05) is 18.5 Å². The van der Waals surface area contributed by atoms with Crippen LogP contribution in [0.4, 0.5) is 5.69 Å². The number of carbonyl (C=O) groups excluding carboxylic acids is 2. The molecule has 2 rings (SSSR count). The molecule has 1 aromatic carbocycles. The number of nitriles is 1. The van der Waals surface area contributed by atoms with Gasteiger partial charge in [-0.05, 0) is 31.5 Å². The summed E-state index contributed by atoms with van der Waals surface area (Å²) in [6.07, 6.45) is 0.941. The quantitative estimate of drug-likeness (QED) is 0.624. The molecule has 0 spiro atoms. The number of ketones is 1. The van der Waals surface area contributed by atoms with Crippen molar-refractivity contribution in [1.82, 2.24) is 0 Å². The maximum Gasteiger partial charge on any atom is 0.240 e. The second kappa shape index (κ2) is 5.97. The van der Waals surface area contributed by atoms with Crippen molar-refractivity contribution < 1.29 is 13.8 Å². The Labute approximate surface area is 119 Å². The summed E-state index contributed by atoms with van der Waals surface area (Å²) in [5.74, 6) is -0.372. The molecule has 0 saturated heterocycles. The van der Waals surface area contributed by atoms with Crippen LogP contribution in [0.3, 0.4) is 0 Å². The summed E-state index contributed by atoms with van der Waals surface area (Å²) in [6, 6.07) is 6.92. The Bertz CT molecular complexity index is 634. The SMILES string of the molecule is CC(=O)c1ccc2c(c1)S(=O)CC(=O)N2CCCC#N. The highest BCUT2D eigenvalue weighted by atomic mass is 32.2. The molecule has 1 aliphatic rings. The first-order valence-electron chi connectivity index (χ1n) is 6.25. The third-order valence-corrected chi connectivity index (χ3v) is 4.46. The molecule has 1 unspecified atom stereocenters. The molecule has 6 heteroatoms. The maximum atomic E-state index is 12.0. The van der Waals surface area contributed by atoms with Crippen LogP contribution in [0.2, 0.25) is 0 Å². The number of hydrogen-bond donors (Lipinski definition) is 0. The van der Waals surface area contributed by atoms with Gasteiger partial charge in [0.05, 0.1) is 27.5 Å². The number of benzene rings is 1.